The summed E-state index contributed by atoms with van der Waals surface area (Å²) in [6, 6.07) is 7.98. The summed E-state index contributed by atoms with van der Waals surface area (Å²) in [5.41, 5.74) is -1.63. The van der Waals surface area contributed by atoms with Crippen LogP contribution in [-0.4, -0.2) is 65.5 Å². The molecule has 6 atom stereocenters. The lowest BCUT2D eigenvalue weighted by Crippen LogP contribution is -2.62. The van der Waals surface area contributed by atoms with Crippen LogP contribution in [0.15, 0.2) is 30.3 Å². The van der Waals surface area contributed by atoms with Crippen molar-refractivity contribution in [2.45, 2.75) is 70.7 Å². The second-order valence-electron chi connectivity index (χ2n) is 10.2. The number of hydrogen-bond acceptors (Lipinski definition) is 8. The molecule has 0 unspecified atom stereocenters. The van der Waals surface area contributed by atoms with Crippen molar-refractivity contribution < 1.29 is 38.5 Å². The number of hydrogen-bond donors (Lipinski definition) is 3. The smallest absolute Gasteiger partial charge is 0.408 e. The number of ether oxygens (including phenoxy) is 3. The van der Waals surface area contributed by atoms with Gasteiger partial charge in [-0.3, -0.25) is 9.59 Å². The van der Waals surface area contributed by atoms with Gasteiger partial charge in [-0.25, -0.2) is 9.59 Å². The number of aliphatic hydroxyl groups is 1. The van der Waals surface area contributed by atoms with Gasteiger partial charge < -0.3 is 30.0 Å². The summed E-state index contributed by atoms with van der Waals surface area (Å²) >= 11 is 0. The molecule has 198 valence electrons. The average molecular weight is 505 g/mol. The molecule has 3 rings (SSSR count). The van der Waals surface area contributed by atoms with E-state index < -0.39 is 65.0 Å². The van der Waals surface area contributed by atoms with Gasteiger partial charge in [0.2, 0.25) is 5.91 Å². The van der Waals surface area contributed by atoms with E-state index >= 15 is 0 Å². The zero-order valence-corrected chi connectivity index (χ0v) is 21.4. The van der Waals surface area contributed by atoms with Gasteiger partial charge in [0, 0.05) is 24.7 Å². The van der Waals surface area contributed by atoms with Crippen LogP contribution in [0.5, 0.6) is 0 Å². The quantitative estimate of drug-likeness (QED) is 0.341. The number of carbonyl (C=O) groups is 4. The van der Waals surface area contributed by atoms with Crippen molar-refractivity contribution >= 4 is 23.9 Å². The third-order valence-electron chi connectivity index (χ3n) is 6.45. The van der Waals surface area contributed by atoms with Crippen molar-refractivity contribution in [3.8, 4) is 0 Å². The van der Waals surface area contributed by atoms with Crippen molar-refractivity contribution in [1.82, 2.24) is 10.6 Å². The third-order valence-corrected chi connectivity index (χ3v) is 6.45. The molecule has 2 saturated carbocycles. The van der Waals surface area contributed by atoms with E-state index in [9.17, 15) is 24.3 Å². The summed E-state index contributed by atoms with van der Waals surface area (Å²) in [7, 11) is 0. The Kier molecular flexibility index (Phi) is 8.28. The second kappa shape index (κ2) is 10.9. The first-order valence-electron chi connectivity index (χ1n) is 12.3. The van der Waals surface area contributed by atoms with Gasteiger partial charge in [-0.15, -0.1) is 0 Å². The lowest BCUT2D eigenvalue weighted by molar-refractivity contribution is -0.156. The molecule has 0 heterocycles. The van der Waals surface area contributed by atoms with Crippen LogP contribution in [0.25, 0.3) is 0 Å². The van der Waals surface area contributed by atoms with E-state index in [2.05, 4.69) is 10.6 Å². The molecule has 10 nitrogen and oxygen atoms in total. The van der Waals surface area contributed by atoms with Crippen molar-refractivity contribution in [2.24, 2.45) is 17.8 Å². The number of nitrogens with one attached hydrogen (secondary N) is 2. The summed E-state index contributed by atoms with van der Waals surface area (Å²) in [6.45, 7) is 8.63. The van der Waals surface area contributed by atoms with Crippen LogP contribution in [-0.2, 0) is 35.0 Å². The fourth-order valence-corrected chi connectivity index (χ4v) is 5.07. The molecule has 0 aliphatic heterocycles. The molecule has 0 bridgehead atoms. The number of amides is 2. The number of esters is 2. The van der Waals surface area contributed by atoms with E-state index in [1.165, 1.54) is 0 Å². The Bertz CT molecular complexity index is 976. The highest BCUT2D eigenvalue weighted by molar-refractivity contribution is 5.94. The minimum absolute atomic E-state index is 0.0532. The molecule has 0 aromatic heterocycles. The van der Waals surface area contributed by atoms with Crippen LogP contribution in [0.2, 0.25) is 0 Å². The van der Waals surface area contributed by atoms with Gasteiger partial charge in [0.15, 0.2) is 0 Å². The van der Waals surface area contributed by atoms with Crippen molar-refractivity contribution in [1.29, 1.82) is 0 Å². The third kappa shape index (κ3) is 5.98. The number of alkyl carbamates (subject to hydrolysis) is 1. The van der Waals surface area contributed by atoms with Gasteiger partial charge in [-0.1, -0.05) is 30.3 Å². The summed E-state index contributed by atoms with van der Waals surface area (Å²) in [5, 5.41) is 16.0. The predicted molar refractivity (Wildman–Crippen MR) is 129 cm³/mol. The van der Waals surface area contributed by atoms with Gasteiger partial charge >= 0.3 is 18.0 Å². The van der Waals surface area contributed by atoms with Crippen LogP contribution >= 0.6 is 0 Å². The average Bonchev–Trinajstić information content (AvgIpc) is 3.48. The molecule has 1 aromatic carbocycles. The maximum absolute atomic E-state index is 13.6. The van der Waals surface area contributed by atoms with Crippen LogP contribution in [0.4, 0.5) is 4.79 Å². The van der Waals surface area contributed by atoms with Crippen LogP contribution in [0.3, 0.4) is 0 Å². The molecule has 0 saturated heterocycles. The van der Waals surface area contributed by atoms with Crippen molar-refractivity contribution in [3.05, 3.63) is 35.9 Å². The highest BCUT2D eigenvalue weighted by Gasteiger charge is 2.76. The normalized spacial score (nSPS) is 27.3. The van der Waals surface area contributed by atoms with Crippen LogP contribution in [0.1, 0.15) is 46.6 Å². The fraction of sp³-hybridized carbons (Fsp3) is 0.615. The Labute approximate surface area is 211 Å². The zero-order valence-electron chi connectivity index (χ0n) is 21.4. The number of carbonyl (C=O) groups excluding carboxylic acids is 4. The van der Waals surface area contributed by atoms with Crippen molar-refractivity contribution in [3.63, 3.8) is 0 Å². The van der Waals surface area contributed by atoms with E-state index in [4.69, 9.17) is 14.2 Å². The Balaban J connectivity index is 1.88. The van der Waals surface area contributed by atoms with Gasteiger partial charge in [0.1, 0.15) is 17.2 Å². The molecule has 36 heavy (non-hydrogen) atoms. The fourth-order valence-electron chi connectivity index (χ4n) is 5.07. The number of fused-ring (bicyclic) bond motifs is 1. The topological polar surface area (TPSA) is 140 Å². The van der Waals surface area contributed by atoms with E-state index in [0.717, 1.165) is 5.56 Å². The molecule has 0 spiro atoms. The van der Waals surface area contributed by atoms with Gasteiger partial charge in [0.25, 0.3) is 0 Å². The molecule has 10 heteroatoms. The molecule has 2 amide bonds. The molecule has 1 aromatic rings. The minimum atomic E-state index is -1.63. The summed E-state index contributed by atoms with van der Waals surface area (Å²) in [5.74, 6) is -3.84. The second-order valence-corrected chi connectivity index (χ2v) is 10.2. The Hall–Kier alpha value is -3.14. The monoisotopic (exact) mass is 504 g/mol. The molecule has 3 N–H and O–H groups in total. The van der Waals surface area contributed by atoms with Gasteiger partial charge in [-0.2, -0.15) is 0 Å². The zero-order chi connectivity index (χ0) is 26.7. The number of rotatable bonds is 9. The highest BCUT2D eigenvalue weighted by atomic mass is 16.6. The Morgan fingerprint density at radius 2 is 1.72 bits per heavy atom. The molecule has 2 aliphatic carbocycles. The molecule has 0 radical (unpaired) electrons. The SMILES string of the molecule is CCOC(=O)[C@H]1[C@H]2[C@@H]1[C@](NC(=O)[C@H](Cc1ccccc1)NC(=O)OC(C)(C)C)(C(=O)OCC)C[C@@H]2O. The number of aliphatic hydroxyl groups excluding tert-OH is 1. The largest absolute Gasteiger partial charge is 0.466 e. The van der Waals surface area contributed by atoms with E-state index in [-0.39, 0.29) is 26.1 Å². The van der Waals surface area contributed by atoms with E-state index in [1.54, 1.807) is 34.6 Å². The Morgan fingerprint density at radius 1 is 1.08 bits per heavy atom. The molecular formula is C26H36N2O8. The highest BCUT2D eigenvalue weighted by Crippen LogP contribution is 2.63. The maximum atomic E-state index is 13.6. The van der Waals surface area contributed by atoms with Crippen molar-refractivity contribution in [2.75, 3.05) is 13.2 Å². The van der Waals surface area contributed by atoms with Gasteiger partial charge in [-0.05, 0) is 40.2 Å². The molecular weight excluding hydrogens is 468 g/mol. The van der Waals surface area contributed by atoms with E-state index in [0.29, 0.717) is 0 Å². The van der Waals surface area contributed by atoms with E-state index in [1.807, 2.05) is 30.3 Å². The first-order chi connectivity index (χ1) is 16.9. The van der Waals surface area contributed by atoms with Crippen LogP contribution in [0, 0.1) is 17.8 Å². The minimum Gasteiger partial charge on any atom is -0.466 e. The Morgan fingerprint density at radius 3 is 2.31 bits per heavy atom. The summed E-state index contributed by atoms with van der Waals surface area (Å²) in [6.07, 6.45) is -1.76. The first kappa shape index (κ1) is 27.4. The number of benzene rings is 1. The molecule has 2 fully saturated rings. The lowest BCUT2D eigenvalue weighted by Gasteiger charge is -2.33. The first-order valence-corrected chi connectivity index (χ1v) is 12.3. The van der Waals surface area contributed by atoms with Crippen LogP contribution < -0.4 is 10.6 Å². The predicted octanol–water partition coefficient (Wildman–Crippen LogP) is 1.73. The summed E-state index contributed by atoms with van der Waals surface area (Å²) < 4.78 is 15.7. The summed E-state index contributed by atoms with van der Waals surface area (Å²) in [4.78, 5) is 51.8. The maximum Gasteiger partial charge on any atom is 0.408 e. The van der Waals surface area contributed by atoms with Gasteiger partial charge in [0.05, 0.1) is 25.2 Å². The lowest BCUT2D eigenvalue weighted by atomic mass is 9.88. The standard InChI is InChI=1S/C26H36N2O8/c1-6-34-22(31)19-18-17(29)14-26(20(18)19,23(32)35-7-2)28-21(30)16(13-15-11-9-8-10-12-15)27-24(33)36-25(3,4)5/h8-12,16-20,29H,6-7,13-14H2,1-5H3,(H,27,33)(H,28,30)/t16-,17-,18-,19-,20-,26-/m0/s1. The molecule has 2 aliphatic rings.